The molecule has 3 N–H and O–H groups in total. The van der Waals surface area contributed by atoms with Crippen molar-refractivity contribution < 1.29 is 4.42 Å². The highest BCUT2D eigenvalue weighted by Crippen LogP contribution is 2.23. The Hall–Kier alpha value is -1.06. The monoisotopic (exact) mass is 208 g/mol. The van der Waals surface area contributed by atoms with E-state index < -0.39 is 0 Å². The normalized spacial score (nSPS) is 12.7. The molecule has 1 atom stereocenters. The maximum atomic E-state index is 5.65. The van der Waals surface area contributed by atoms with E-state index in [-0.39, 0.29) is 6.04 Å². The molecule has 1 unspecified atom stereocenters. The Kier molecular flexibility index (Phi) is 4.59. The Morgan fingerprint density at radius 1 is 1.53 bits per heavy atom. The van der Waals surface area contributed by atoms with Gasteiger partial charge in [-0.05, 0) is 25.0 Å². The van der Waals surface area contributed by atoms with Crippen LogP contribution in [-0.4, -0.2) is 0 Å². The molecule has 84 valence electrons. The van der Waals surface area contributed by atoms with Crippen molar-refractivity contribution in [2.45, 2.75) is 39.2 Å². The molecule has 1 aromatic heterocycles. The van der Waals surface area contributed by atoms with Crippen molar-refractivity contribution in [1.29, 1.82) is 0 Å². The van der Waals surface area contributed by atoms with E-state index in [4.69, 9.17) is 10.3 Å². The molecule has 0 aromatic carbocycles. The van der Waals surface area contributed by atoms with Gasteiger partial charge in [0.05, 0.1) is 6.04 Å². The third-order valence-electron chi connectivity index (χ3n) is 2.57. The minimum absolute atomic E-state index is 0.0396. The molecule has 0 saturated heterocycles. The summed E-state index contributed by atoms with van der Waals surface area (Å²) in [5.41, 5.74) is 3.94. The minimum Gasteiger partial charge on any atom is -0.464 e. The van der Waals surface area contributed by atoms with Gasteiger partial charge in [0, 0.05) is 6.42 Å². The van der Waals surface area contributed by atoms with Gasteiger partial charge < -0.3 is 4.42 Å². The number of nitrogens with two attached hydrogens (primary N) is 1. The minimum atomic E-state index is 0.0396. The van der Waals surface area contributed by atoms with Crippen LogP contribution in [0.4, 0.5) is 0 Å². The summed E-state index contributed by atoms with van der Waals surface area (Å²) in [4.78, 5) is 0. The molecule has 0 aliphatic carbocycles. The van der Waals surface area contributed by atoms with Crippen LogP contribution in [0.3, 0.4) is 0 Å². The zero-order chi connectivity index (χ0) is 11.3. The first-order valence-corrected chi connectivity index (χ1v) is 5.42. The predicted molar refractivity (Wildman–Crippen MR) is 62.2 cm³/mol. The van der Waals surface area contributed by atoms with Crippen molar-refractivity contribution in [3.8, 4) is 0 Å². The zero-order valence-corrected chi connectivity index (χ0v) is 9.55. The molecule has 1 heterocycles. The van der Waals surface area contributed by atoms with Crippen molar-refractivity contribution in [2.24, 2.45) is 5.84 Å². The Morgan fingerprint density at radius 2 is 2.27 bits per heavy atom. The van der Waals surface area contributed by atoms with Crippen LogP contribution in [0.25, 0.3) is 0 Å². The maximum absolute atomic E-state index is 5.65. The van der Waals surface area contributed by atoms with Gasteiger partial charge in [-0.1, -0.05) is 26.0 Å². The summed E-state index contributed by atoms with van der Waals surface area (Å²) in [5, 5.41) is 0. The predicted octanol–water partition coefficient (Wildman–Crippen LogP) is 2.70. The summed E-state index contributed by atoms with van der Waals surface area (Å²) in [6.45, 7) is 8.14. The molecule has 0 saturated carbocycles. The van der Waals surface area contributed by atoms with E-state index in [1.807, 2.05) is 12.1 Å². The van der Waals surface area contributed by atoms with E-state index in [1.54, 1.807) is 0 Å². The molecule has 0 bridgehead atoms. The van der Waals surface area contributed by atoms with E-state index in [0.29, 0.717) is 0 Å². The van der Waals surface area contributed by atoms with Crippen LogP contribution in [0.15, 0.2) is 28.7 Å². The van der Waals surface area contributed by atoms with E-state index in [1.165, 1.54) is 5.57 Å². The van der Waals surface area contributed by atoms with Crippen molar-refractivity contribution in [2.75, 3.05) is 0 Å². The molecule has 3 nitrogen and oxygen atoms in total. The van der Waals surface area contributed by atoms with Gasteiger partial charge >= 0.3 is 0 Å². The van der Waals surface area contributed by atoms with Gasteiger partial charge in [-0.3, -0.25) is 5.84 Å². The number of nitrogens with one attached hydrogen (secondary N) is 1. The van der Waals surface area contributed by atoms with Crippen LogP contribution >= 0.6 is 0 Å². The third kappa shape index (κ3) is 3.22. The second kappa shape index (κ2) is 5.73. The first-order chi connectivity index (χ1) is 7.21. The van der Waals surface area contributed by atoms with Crippen LogP contribution in [-0.2, 0) is 6.42 Å². The third-order valence-corrected chi connectivity index (χ3v) is 2.57. The average Bonchev–Trinajstić information content (AvgIpc) is 2.73. The zero-order valence-electron chi connectivity index (χ0n) is 9.55. The van der Waals surface area contributed by atoms with E-state index in [9.17, 15) is 0 Å². The molecule has 0 radical (unpaired) electrons. The second-order valence-electron chi connectivity index (χ2n) is 3.68. The molecule has 0 spiro atoms. The number of hydrogen-bond donors (Lipinski definition) is 2. The van der Waals surface area contributed by atoms with Crippen LogP contribution in [0.5, 0.6) is 0 Å². The Morgan fingerprint density at radius 3 is 2.73 bits per heavy atom. The molecular formula is C12H20N2O. The van der Waals surface area contributed by atoms with Crippen molar-refractivity contribution in [3.63, 3.8) is 0 Å². The number of hydrazine groups is 1. The highest BCUT2D eigenvalue weighted by Gasteiger charge is 2.14. The Labute approximate surface area is 91.3 Å². The Bertz CT molecular complexity index is 317. The molecule has 15 heavy (non-hydrogen) atoms. The summed E-state index contributed by atoms with van der Waals surface area (Å²) in [6.07, 6.45) is 2.70. The fraction of sp³-hybridized carbons (Fsp3) is 0.500. The van der Waals surface area contributed by atoms with E-state index >= 15 is 0 Å². The second-order valence-corrected chi connectivity index (χ2v) is 3.68. The quantitative estimate of drug-likeness (QED) is 0.429. The van der Waals surface area contributed by atoms with E-state index in [0.717, 1.165) is 30.8 Å². The highest BCUT2D eigenvalue weighted by molar-refractivity contribution is 5.13. The number of rotatable bonds is 6. The van der Waals surface area contributed by atoms with Gasteiger partial charge in [0.1, 0.15) is 11.5 Å². The molecule has 0 amide bonds. The van der Waals surface area contributed by atoms with Gasteiger partial charge in [-0.2, -0.15) is 0 Å². The molecular weight excluding hydrogens is 188 g/mol. The smallest absolute Gasteiger partial charge is 0.122 e. The van der Waals surface area contributed by atoms with Gasteiger partial charge in [0.15, 0.2) is 0 Å². The number of aryl methyl sites for hydroxylation is 1. The maximum Gasteiger partial charge on any atom is 0.122 e. The van der Waals surface area contributed by atoms with Crippen molar-refractivity contribution in [1.82, 2.24) is 5.43 Å². The largest absolute Gasteiger partial charge is 0.464 e. The topological polar surface area (TPSA) is 51.2 Å². The lowest BCUT2D eigenvalue weighted by molar-refractivity contribution is 0.394. The molecule has 0 aliphatic heterocycles. The summed E-state index contributed by atoms with van der Waals surface area (Å²) in [7, 11) is 0. The number of hydrogen-bond acceptors (Lipinski definition) is 3. The molecule has 3 heteroatoms. The number of furan rings is 1. The summed E-state index contributed by atoms with van der Waals surface area (Å²) in [6, 6.07) is 4.01. The fourth-order valence-corrected chi connectivity index (χ4v) is 1.45. The van der Waals surface area contributed by atoms with Gasteiger partial charge in [-0.25, -0.2) is 5.43 Å². The molecule has 1 aromatic rings. The standard InChI is InChI=1S/C12H20N2O/c1-4-9(3)8-11(14-13)12-7-6-10(5-2)15-12/h6-7,11,14H,3-5,8,13H2,1-2H3. The van der Waals surface area contributed by atoms with Gasteiger partial charge in [0.2, 0.25) is 0 Å². The lowest BCUT2D eigenvalue weighted by Gasteiger charge is -2.14. The van der Waals surface area contributed by atoms with Crippen LogP contribution in [0, 0.1) is 0 Å². The van der Waals surface area contributed by atoms with Gasteiger partial charge in [0.25, 0.3) is 0 Å². The van der Waals surface area contributed by atoms with Crippen molar-refractivity contribution >= 4 is 0 Å². The summed E-state index contributed by atoms with van der Waals surface area (Å²) in [5.74, 6) is 7.39. The lowest BCUT2D eigenvalue weighted by atomic mass is 10.0. The SMILES string of the molecule is C=C(CC)CC(NN)c1ccc(CC)o1. The van der Waals surface area contributed by atoms with Crippen LogP contribution in [0.2, 0.25) is 0 Å². The fourth-order valence-electron chi connectivity index (χ4n) is 1.45. The summed E-state index contributed by atoms with van der Waals surface area (Å²) >= 11 is 0. The Balaban J connectivity index is 2.69. The van der Waals surface area contributed by atoms with Crippen LogP contribution < -0.4 is 11.3 Å². The lowest BCUT2D eigenvalue weighted by Crippen LogP contribution is -2.27. The van der Waals surface area contributed by atoms with Gasteiger partial charge in [-0.15, -0.1) is 0 Å². The summed E-state index contributed by atoms with van der Waals surface area (Å²) < 4.78 is 5.65. The van der Waals surface area contributed by atoms with Crippen LogP contribution in [0.1, 0.15) is 44.3 Å². The highest BCUT2D eigenvalue weighted by atomic mass is 16.3. The average molecular weight is 208 g/mol. The first kappa shape index (κ1) is 12.0. The first-order valence-electron chi connectivity index (χ1n) is 5.42. The van der Waals surface area contributed by atoms with Crippen molar-refractivity contribution in [3.05, 3.63) is 35.8 Å². The molecule has 1 rings (SSSR count). The van der Waals surface area contributed by atoms with E-state index in [2.05, 4.69) is 25.9 Å². The molecule has 0 aliphatic rings. The molecule has 0 fully saturated rings.